The predicted molar refractivity (Wildman–Crippen MR) is 94.7 cm³/mol. The van der Waals surface area contributed by atoms with E-state index in [-0.39, 0.29) is 12.5 Å². The van der Waals surface area contributed by atoms with Gasteiger partial charge in [0, 0.05) is 5.56 Å². The van der Waals surface area contributed by atoms with E-state index in [1.54, 1.807) is 26.2 Å². The Bertz CT molecular complexity index is 847. The molecular formula is C19H19N3O4. The van der Waals surface area contributed by atoms with Gasteiger partial charge in [0.1, 0.15) is 11.5 Å². The molecule has 0 saturated heterocycles. The summed E-state index contributed by atoms with van der Waals surface area (Å²) in [4.78, 5) is 16.4. The number of hydrogen-bond donors (Lipinski definition) is 1. The molecule has 0 spiro atoms. The average molecular weight is 353 g/mol. The zero-order valence-electron chi connectivity index (χ0n) is 14.5. The summed E-state index contributed by atoms with van der Waals surface area (Å²) in [5.74, 6) is 1.88. The Balaban J connectivity index is 1.54. The van der Waals surface area contributed by atoms with E-state index >= 15 is 0 Å². The average Bonchev–Trinajstić information content (AvgIpc) is 3.16. The predicted octanol–water partition coefficient (Wildman–Crippen LogP) is 2.83. The van der Waals surface area contributed by atoms with Gasteiger partial charge >= 0.3 is 0 Å². The summed E-state index contributed by atoms with van der Waals surface area (Å²) >= 11 is 0. The number of carbonyl (C=O) groups excluding carboxylic acids is 1. The number of amides is 1. The lowest BCUT2D eigenvalue weighted by atomic mass is 10.2. The number of para-hydroxylation sites is 1. The molecular weight excluding hydrogens is 334 g/mol. The highest BCUT2D eigenvalue weighted by atomic mass is 16.5. The number of rotatable bonds is 7. The largest absolute Gasteiger partial charge is 0.497 e. The van der Waals surface area contributed by atoms with E-state index in [1.165, 1.54) is 0 Å². The van der Waals surface area contributed by atoms with Crippen LogP contribution in [0.4, 0.5) is 0 Å². The van der Waals surface area contributed by atoms with E-state index in [1.807, 2.05) is 42.5 Å². The summed E-state index contributed by atoms with van der Waals surface area (Å²) in [7, 11) is 1.60. The Hall–Kier alpha value is -3.35. The lowest BCUT2D eigenvalue weighted by Gasteiger charge is -2.13. The maximum Gasteiger partial charge on any atom is 0.261 e. The van der Waals surface area contributed by atoms with Crippen LogP contribution >= 0.6 is 0 Å². The third-order valence-electron chi connectivity index (χ3n) is 3.66. The molecule has 0 aliphatic rings. The van der Waals surface area contributed by atoms with Crippen LogP contribution in [0.3, 0.4) is 0 Å². The number of hydrogen-bond acceptors (Lipinski definition) is 6. The summed E-state index contributed by atoms with van der Waals surface area (Å²) in [6, 6.07) is 16.5. The molecule has 0 saturated carbocycles. The minimum atomic E-state index is -0.638. The Morgan fingerprint density at radius 2 is 1.85 bits per heavy atom. The number of benzene rings is 2. The minimum Gasteiger partial charge on any atom is -0.497 e. The van der Waals surface area contributed by atoms with E-state index in [4.69, 9.17) is 14.0 Å². The first-order valence-corrected chi connectivity index (χ1v) is 8.12. The third kappa shape index (κ3) is 4.38. The summed E-state index contributed by atoms with van der Waals surface area (Å²) in [5.41, 5.74) is 0.799. The van der Waals surface area contributed by atoms with E-state index < -0.39 is 6.10 Å². The van der Waals surface area contributed by atoms with Gasteiger partial charge in [-0.05, 0) is 43.3 Å². The second-order valence-corrected chi connectivity index (χ2v) is 5.53. The topological polar surface area (TPSA) is 86.5 Å². The Kier molecular flexibility index (Phi) is 5.48. The van der Waals surface area contributed by atoms with Crippen molar-refractivity contribution in [3.8, 4) is 22.9 Å². The third-order valence-corrected chi connectivity index (χ3v) is 3.66. The van der Waals surface area contributed by atoms with Gasteiger partial charge in [-0.15, -0.1) is 0 Å². The van der Waals surface area contributed by atoms with Crippen LogP contribution in [0.2, 0.25) is 0 Å². The van der Waals surface area contributed by atoms with Gasteiger partial charge in [-0.25, -0.2) is 0 Å². The summed E-state index contributed by atoms with van der Waals surface area (Å²) in [6.45, 7) is 1.81. The smallest absolute Gasteiger partial charge is 0.261 e. The van der Waals surface area contributed by atoms with Crippen LogP contribution < -0.4 is 14.8 Å². The van der Waals surface area contributed by atoms with Crippen molar-refractivity contribution in [3.63, 3.8) is 0 Å². The molecule has 26 heavy (non-hydrogen) atoms. The van der Waals surface area contributed by atoms with Gasteiger partial charge in [0.2, 0.25) is 11.7 Å². The molecule has 1 N–H and O–H groups in total. The van der Waals surface area contributed by atoms with Crippen molar-refractivity contribution in [3.05, 3.63) is 60.5 Å². The second kappa shape index (κ2) is 8.15. The van der Waals surface area contributed by atoms with Gasteiger partial charge in [-0.3, -0.25) is 4.79 Å². The normalized spacial score (nSPS) is 11.6. The van der Waals surface area contributed by atoms with Crippen LogP contribution in [0.15, 0.2) is 59.1 Å². The van der Waals surface area contributed by atoms with Gasteiger partial charge in [0.25, 0.3) is 5.91 Å². The molecule has 1 atom stereocenters. The molecule has 0 aliphatic heterocycles. The number of nitrogens with one attached hydrogen (secondary N) is 1. The van der Waals surface area contributed by atoms with Gasteiger partial charge in [0.15, 0.2) is 6.10 Å². The molecule has 0 bridgehead atoms. The SMILES string of the molecule is COc1ccc(-c2noc(CNC(=O)[C@H](C)Oc3ccccc3)n2)cc1. The molecule has 134 valence electrons. The quantitative estimate of drug-likeness (QED) is 0.703. The Morgan fingerprint density at radius 1 is 1.12 bits per heavy atom. The van der Waals surface area contributed by atoms with Gasteiger partial charge in [-0.2, -0.15) is 4.98 Å². The van der Waals surface area contributed by atoms with Crippen molar-refractivity contribution in [1.82, 2.24) is 15.5 Å². The number of ether oxygens (including phenoxy) is 2. The minimum absolute atomic E-state index is 0.129. The van der Waals surface area contributed by atoms with Crippen molar-refractivity contribution >= 4 is 5.91 Å². The van der Waals surface area contributed by atoms with E-state index in [2.05, 4.69) is 15.5 Å². The van der Waals surface area contributed by atoms with Crippen molar-refractivity contribution in [2.24, 2.45) is 0 Å². The molecule has 0 aliphatic carbocycles. The van der Waals surface area contributed by atoms with Crippen LogP contribution in [-0.2, 0) is 11.3 Å². The molecule has 3 aromatic rings. The maximum absolute atomic E-state index is 12.1. The van der Waals surface area contributed by atoms with E-state index in [9.17, 15) is 4.79 Å². The summed E-state index contributed by atoms with van der Waals surface area (Å²) in [5, 5.41) is 6.64. The number of carbonyl (C=O) groups is 1. The molecule has 0 radical (unpaired) electrons. The molecule has 7 nitrogen and oxygen atoms in total. The molecule has 1 aromatic heterocycles. The van der Waals surface area contributed by atoms with Crippen molar-refractivity contribution in [1.29, 1.82) is 0 Å². The van der Waals surface area contributed by atoms with Crippen molar-refractivity contribution < 1.29 is 18.8 Å². The maximum atomic E-state index is 12.1. The van der Waals surface area contributed by atoms with Crippen LogP contribution in [0.1, 0.15) is 12.8 Å². The molecule has 0 fully saturated rings. The fraction of sp³-hybridized carbons (Fsp3) is 0.211. The van der Waals surface area contributed by atoms with Gasteiger partial charge in [-0.1, -0.05) is 23.4 Å². The number of methoxy groups -OCH3 is 1. The standard InChI is InChI=1S/C19H19N3O4/c1-13(25-16-6-4-3-5-7-16)19(23)20-12-17-21-18(22-26-17)14-8-10-15(24-2)11-9-14/h3-11,13H,12H2,1-2H3,(H,20,23)/t13-/m0/s1. The van der Waals surface area contributed by atoms with Gasteiger partial charge < -0.3 is 19.3 Å². The number of nitrogens with zero attached hydrogens (tertiary/aromatic N) is 2. The van der Waals surface area contributed by atoms with E-state index in [0.29, 0.717) is 17.5 Å². The fourth-order valence-electron chi connectivity index (χ4n) is 2.25. The second-order valence-electron chi connectivity index (χ2n) is 5.53. The zero-order valence-corrected chi connectivity index (χ0v) is 14.5. The van der Waals surface area contributed by atoms with Crippen LogP contribution in [0.25, 0.3) is 11.4 Å². The van der Waals surface area contributed by atoms with Gasteiger partial charge in [0.05, 0.1) is 13.7 Å². The Morgan fingerprint density at radius 3 is 2.54 bits per heavy atom. The molecule has 3 rings (SSSR count). The highest BCUT2D eigenvalue weighted by Gasteiger charge is 2.16. The monoisotopic (exact) mass is 353 g/mol. The molecule has 1 heterocycles. The first kappa shape index (κ1) is 17.5. The van der Waals surface area contributed by atoms with Crippen LogP contribution in [0.5, 0.6) is 11.5 Å². The zero-order chi connectivity index (χ0) is 18.4. The summed E-state index contributed by atoms with van der Waals surface area (Å²) < 4.78 is 15.9. The highest BCUT2D eigenvalue weighted by Crippen LogP contribution is 2.19. The van der Waals surface area contributed by atoms with Crippen molar-refractivity contribution in [2.45, 2.75) is 19.6 Å². The van der Waals surface area contributed by atoms with Crippen LogP contribution in [0, 0.1) is 0 Å². The number of aromatic nitrogens is 2. The Labute approximate surface area is 150 Å². The fourth-order valence-corrected chi connectivity index (χ4v) is 2.25. The molecule has 1 amide bonds. The first-order valence-electron chi connectivity index (χ1n) is 8.12. The molecule has 0 unspecified atom stereocenters. The first-order chi connectivity index (χ1) is 12.7. The van der Waals surface area contributed by atoms with Crippen molar-refractivity contribution in [2.75, 3.05) is 7.11 Å². The lowest BCUT2D eigenvalue weighted by Crippen LogP contribution is -2.35. The van der Waals surface area contributed by atoms with E-state index in [0.717, 1.165) is 11.3 Å². The molecule has 2 aromatic carbocycles. The molecule has 7 heteroatoms. The van der Waals surface area contributed by atoms with Crippen LogP contribution in [-0.4, -0.2) is 29.3 Å². The highest BCUT2D eigenvalue weighted by molar-refractivity contribution is 5.80. The lowest BCUT2D eigenvalue weighted by molar-refractivity contribution is -0.127. The summed E-state index contributed by atoms with van der Waals surface area (Å²) in [6.07, 6.45) is -0.638.